The van der Waals surface area contributed by atoms with Gasteiger partial charge in [-0.05, 0) is 36.0 Å². The van der Waals surface area contributed by atoms with Crippen LogP contribution in [0.25, 0.3) is 0 Å². The number of nitrogen functional groups attached to an aromatic ring is 1. The van der Waals surface area contributed by atoms with Crippen molar-refractivity contribution in [2.45, 2.75) is 10.1 Å². The molecule has 0 saturated carbocycles. The molecule has 0 fully saturated rings. The van der Waals surface area contributed by atoms with Crippen molar-refractivity contribution in [3.05, 3.63) is 41.7 Å². The first kappa shape index (κ1) is 10.3. The molecule has 15 heavy (non-hydrogen) atoms. The van der Waals surface area contributed by atoms with Gasteiger partial charge < -0.3 is 5.73 Å². The van der Waals surface area contributed by atoms with Crippen LogP contribution in [0.4, 0.5) is 5.69 Å². The van der Waals surface area contributed by atoms with Gasteiger partial charge in [0.1, 0.15) is 0 Å². The van der Waals surface area contributed by atoms with Crippen molar-refractivity contribution in [1.82, 2.24) is 9.97 Å². The molecule has 2 N–H and O–H groups in total. The van der Waals surface area contributed by atoms with Crippen molar-refractivity contribution < 1.29 is 0 Å². The van der Waals surface area contributed by atoms with E-state index in [2.05, 4.69) is 9.97 Å². The molecular formula is C10H8ClN3S. The topological polar surface area (TPSA) is 51.8 Å². The van der Waals surface area contributed by atoms with Crippen LogP contribution in [0.2, 0.25) is 5.02 Å². The number of halogens is 1. The summed E-state index contributed by atoms with van der Waals surface area (Å²) in [7, 11) is 0. The van der Waals surface area contributed by atoms with E-state index in [1.165, 1.54) is 11.8 Å². The number of benzene rings is 1. The highest BCUT2D eigenvalue weighted by molar-refractivity contribution is 7.99. The van der Waals surface area contributed by atoms with Crippen LogP contribution in [-0.4, -0.2) is 9.97 Å². The normalized spacial score (nSPS) is 10.2. The molecule has 0 spiro atoms. The Bertz CT molecular complexity index is 461. The lowest BCUT2D eigenvalue weighted by Gasteiger charge is -2.03. The van der Waals surface area contributed by atoms with E-state index in [9.17, 15) is 0 Å². The minimum absolute atomic E-state index is 0.630. The summed E-state index contributed by atoms with van der Waals surface area (Å²) >= 11 is 7.22. The van der Waals surface area contributed by atoms with Crippen LogP contribution >= 0.6 is 23.4 Å². The standard InChI is InChI=1S/C10H8ClN3S/c11-7-2-3-9(8(12)6-7)15-10-13-4-1-5-14-10/h1-6H,12H2. The second-order valence-electron chi connectivity index (χ2n) is 2.82. The third kappa shape index (κ3) is 2.61. The third-order valence-electron chi connectivity index (χ3n) is 1.72. The molecule has 1 heterocycles. The van der Waals surface area contributed by atoms with Crippen LogP contribution < -0.4 is 5.73 Å². The van der Waals surface area contributed by atoms with Gasteiger partial charge in [0, 0.05) is 28.0 Å². The Kier molecular flexibility index (Phi) is 3.08. The summed E-state index contributed by atoms with van der Waals surface area (Å²) < 4.78 is 0. The fraction of sp³-hybridized carbons (Fsp3) is 0. The van der Waals surface area contributed by atoms with E-state index in [1.807, 2.05) is 6.07 Å². The highest BCUT2D eigenvalue weighted by Gasteiger charge is 2.03. The van der Waals surface area contributed by atoms with Crippen LogP contribution in [-0.2, 0) is 0 Å². The molecule has 2 rings (SSSR count). The number of hydrogen-bond donors (Lipinski definition) is 1. The SMILES string of the molecule is Nc1cc(Cl)ccc1Sc1ncccn1. The molecule has 0 unspecified atom stereocenters. The van der Waals surface area contributed by atoms with Gasteiger partial charge in [0.2, 0.25) is 0 Å². The van der Waals surface area contributed by atoms with Crippen LogP contribution in [0.5, 0.6) is 0 Å². The van der Waals surface area contributed by atoms with Crippen LogP contribution in [0.15, 0.2) is 46.7 Å². The van der Waals surface area contributed by atoms with Gasteiger partial charge in [-0.1, -0.05) is 11.6 Å². The van der Waals surface area contributed by atoms with Crippen molar-refractivity contribution >= 4 is 29.1 Å². The summed E-state index contributed by atoms with van der Waals surface area (Å²) in [5.41, 5.74) is 6.45. The van der Waals surface area contributed by atoms with Crippen LogP contribution in [0.1, 0.15) is 0 Å². The smallest absolute Gasteiger partial charge is 0.192 e. The van der Waals surface area contributed by atoms with Gasteiger partial charge in [0.15, 0.2) is 5.16 Å². The summed E-state index contributed by atoms with van der Waals surface area (Å²) in [6.07, 6.45) is 3.39. The summed E-state index contributed by atoms with van der Waals surface area (Å²) in [5.74, 6) is 0. The number of hydrogen-bond acceptors (Lipinski definition) is 4. The molecule has 0 aliphatic carbocycles. The Morgan fingerprint density at radius 3 is 2.60 bits per heavy atom. The molecular weight excluding hydrogens is 230 g/mol. The molecule has 1 aromatic carbocycles. The maximum atomic E-state index is 5.81. The minimum atomic E-state index is 0.630. The zero-order chi connectivity index (χ0) is 10.7. The van der Waals surface area contributed by atoms with Crippen molar-refractivity contribution in [3.8, 4) is 0 Å². The first-order valence-electron chi connectivity index (χ1n) is 4.25. The van der Waals surface area contributed by atoms with Crippen molar-refractivity contribution in [2.24, 2.45) is 0 Å². The van der Waals surface area contributed by atoms with E-state index in [4.69, 9.17) is 17.3 Å². The van der Waals surface area contributed by atoms with Gasteiger partial charge >= 0.3 is 0 Å². The Balaban J connectivity index is 2.25. The molecule has 0 saturated heterocycles. The lowest BCUT2D eigenvalue weighted by atomic mass is 10.3. The second-order valence-corrected chi connectivity index (χ2v) is 4.26. The van der Waals surface area contributed by atoms with Gasteiger partial charge in [0.25, 0.3) is 0 Å². The fourth-order valence-electron chi connectivity index (χ4n) is 1.05. The number of nitrogens with two attached hydrogens (primary N) is 1. The molecule has 76 valence electrons. The highest BCUT2D eigenvalue weighted by Crippen LogP contribution is 2.30. The molecule has 5 heteroatoms. The van der Waals surface area contributed by atoms with Crippen LogP contribution in [0.3, 0.4) is 0 Å². The van der Waals surface area contributed by atoms with E-state index in [1.54, 1.807) is 30.6 Å². The summed E-state index contributed by atoms with van der Waals surface area (Å²) in [6, 6.07) is 7.14. The number of aromatic nitrogens is 2. The maximum Gasteiger partial charge on any atom is 0.192 e. The molecule has 0 aliphatic heterocycles. The monoisotopic (exact) mass is 237 g/mol. The summed E-state index contributed by atoms with van der Waals surface area (Å²) in [5, 5.41) is 1.30. The van der Waals surface area contributed by atoms with Crippen molar-refractivity contribution in [3.63, 3.8) is 0 Å². The van der Waals surface area contributed by atoms with Gasteiger partial charge in [-0.2, -0.15) is 0 Å². The number of rotatable bonds is 2. The quantitative estimate of drug-likeness (QED) is 0.645. The predicted octanol–water partition coefficient (Wildman–Crippen LogP) is 2.86. The zero-order valence-electron chi connectivity index (χ0n) is 7.72. The van der Waals surface area contributed by atoms with Gasteiger partial charge in [-0.15, -0.1) is 0 Å². The van der Waals surface area contributed by atoms with Crippen LogP contribution in [0, 0.1) is 0 Å². The maximum absolute atomic E-state index is 5.81. The zero-order valence-corrected chi connectivity index (χ0v) is 9.29. The third-order valence-corrected chi connectivity index (χ3v) is 2.94. The second kappa shape index (κ2) is 4.51. The molecule has 1 aromatic heterocycles. The Morgan fingerprint density at radius 2 is 1.93 bits per heavy atom. The van der Waals surface area contributed by atoms with E-state index in [-0.39, 0.29) is 0 Å². The molecule has 0 radical (unpaired) electrons. The number of anilines is 1. The largest absolute Gasteiger partial charge is 0.398 e. The van der Waals surface area contributed by atoms with E-state index in [0.717, 1.165) is 4.90 Å². The van der Waals surface area contributed by atoms with E-state index >= 15 is 0 Å². The first-order chi connectivity index (χ1) is 7.25. The van der Waals surface area contributed by atoms with Gasteiger partial charge in [-0.25, -0.2) is 9.97 Å². The Morgan fingerprint density at radius 1 is 1.20 bits per heavy atom. The van der Waals surface area contributed by atoms with E-state index in [0.29, 0.717) is 15.9 Å². The molecule has 0 aliphatic rings. The molecule has 0 bridgehead atoms. The van der Waals surface area contributed by atoms with E-state index < -0.39 is 0 Å². The Labute approximate surface area is 96.7 Å². The van der Waals surface area contributed by atoms with Crippen molar-refractivity contribution in [2.75, 3.05) is 5.73 Å². The first-order valence-corrected chi connectivity index (χ1v) is 5.45. The molecule has 2 aromatic rings. The molecule has 3 nitrogen and oxygen atoms in total. The minimum Gasteiger partial charge on any atom is -0.398 e. The van der Waals surface area contributed by atoms with Crippen molar-refractivity contribution in [1.29, 1.82) is 0 Å². The fourth-order valence-corrected chi connectivity index (χ4v) is 1.97. The lowest BCUT2D eigenvalue weighted by Crippen LogP contribution is -1.89. The predicted molar refractivity (Wildman–Crippen MR) is 62.0 cm³/mol. The Hall–Kier alpha value is -1.26. The highest BCUT2D eigenvalue weighted by atomic mass is 35.5. The average Bonchev–Trinajstić information content (AvgIpc) is 2.24. The van der Waals surface area contributed by atoms with Gasteiger partial charge in [-0.3, -0.25) is 0 Å². The molecule has 0 amide bonds. The number of nitrogens with zero attached hydrogens (tertiary/aromatic N) is 2. The lowest BCUT2D eigenvalue weighted by molar-refractivity contribution is 0.967. The van der Waals surface area contributed by atoms with Gasteiger partial charge in [0.05, 0.1) is 0 Å². The molecule has 0 atom stereocenters. The summed E-state index contributed by atoms with van der Waals surface area (Å²) in [4.78, 5) is 9.11. The summed E-state index contributed by atoms with van der Waals surface area (Å²) in [6.45, 7) is 0. The average molecular weight is 238 g/mol.